The van der Waals surface area contributed by atoms with Crippen molar-refractivity contribution in [2.75, 3.05) is 7.11 Å². The Kier molecular flexibility index (Phi) is 5.32. The summed E-state index contributed by atoms with van der Waals surface area (Å²) < 4.78 is 5.24. The number of aryl methyl sites for hydroxylation is 3. The van der Waals surface area contributed by atoms with Crippen LogP contribution in [0.5, 0.6) is 5.75 Å². The van der Waals surface area contributed by atoms with Crippen LogP contribution in [0.1, 0.15) is 23.6 Å². The highest BCUT2D eigenvalue weighted by Gasteiger charge is 2.02. The van der Waals surface area contributed by atoms with Crippen molar-refractivity contribution < 1.29 is 4.74 Å². The van der Waals surface area contributed by atoms with Crippen LogP contribution >= 0.6 is 0 Å². The molecule has 0 amide bonds. The van der Waals surface area contributed by atoms with Gasteiger partial charge in [0.1, 0.15) is 5.75 Å². The molecule has 122 valence electrons. The van der Waals surface area contributed by atoms with Crippen molar-refractivity contribution in [2.24, 2.45) is 0 Å². The van der Waals surface area contributed by atoms with Crippen molar-refractivity contribution in [1.82, 2.24) is 0 Å². The highest BCUT2D eigenvalue weighted by atomic mass is 16.5. The Bertz CT molecular complexity index is 787. The minimum atomic E-state index is 0.894. The molecule has 1 heteroatoms. The van der Waals surface area contributed by atoms with E-state index < -0.39 is 0 Å². The van der Waals surface area contributed by atoms with E-state index in [0.29, 0.717) is 0 Å². The van der Waals surface area contributed by atoms with Crippen LogP contribution in [0.25, 0.3) is 11.1 Å². The molecule has 0 heterocycles. The van der Waals surface area contributed by atoms with E-state index in [4.69, 9.17) is 4.74 Å². The van der Waals surface area contributed by atoms with Crippen LogP contribution < -0.4 is 4.74 Å². The molecule has 0 fully saturated rings. The van der Waals surface area contributed by atoms with Crippen molar-refractivity contribution in [3.05, 3.63) is 89.5 Å². The van der Waals surface area contributed by atoms with E-state index >= 15 is 0 Å². The highest BCUT2D eigenvalue weighted by Crippen LogP contribution is 2.23. The SMILES string of the molecule is CCc1cccc(CCc2cccc(-c3ccc(OC)cc3)c2)c1. The van der Waals surface area contributed by atoms with E-state index in [9.17, 15) is 0 Å². The summed E-state index contributed by atoms with van der Waals surface area (Å²) in [5, 5.41) is 0. The summed E-state index contributed by atoms with van der Waals surface area (Å²) in [6.45, 7) is 2.21. The quantitative estimate of drug-likeness (QED) is 0.566. The Balaban J connectivity index is 1.72. The molecule has 1 nitrogen and oxygen atoms in total. The van der Waals surface area contributed by atoms with E-state index in [1.54, 1.807) is 7.11 Å². The smallest absolute Gasteiger partial charge is 0.118 e. The summed E-state index contributed by atoms with van der Waals surface area (Å²) in [4.78, 5) is 0. The summed E-state index contributed by atoms with van der Waals surface area (Å²) in [5.74, 6) is 0.894. The van der Waals surface area contributed by atoms with Gasteiger partial charge < -0.3 is 4.74 Å². The van der Waals surface area contributed by atoms with E-state index in [2.05, 4.69) is 67.6 Å². The van der Waals surface area contributed by atoms with Crippen LogP contribution in [0.15, 0.2) is 72.8 Å². The number of hydrogen-bond donors (Lipinski definition) is 0. The maximum absolute atomic E-state index is 5.24. The minimum Gasteiger partial charge on any atom is -0.497 e. The van der Waals surface area contributed by atoms with Crippen molar-refractivity contribution in [3.8, 4) is 16.9 Å². The van der Waals surface area contributed by atoms with E-state index in [-0.39, 0.29) is 0 Å². The van der Waals surface area contributed by atoms with Gasteiger partial charge >= 0.3 is 0 Å². The molecule has 0 N–H and O–H groups in total. The molecule has 0 atom stereocenters. The van der Waals surface area contributed by atoms with Crippen LogP contribution in [-0.2, 0) is 19.3 Å². The Labute approximate surface area is 144 Å². The third-order valence-corrected chi connectivity index (χ3v) is 4.45. The third-order valence-electron chi connectivity index (χ3n) is 4.45. The van der Waals surface area contributed by atoms with Crippen LogP contribution in [0.3, 0.4) is 0 Å². The zero-order chi connectivity index (χ0) is 16.8. The standard InChI is InChI=1S/C23H24O/c1-3-18-6-4-7-19(16-18)10-11-20-8-5-9-22(17-20)21-12-14-23(24-2)15-13-21/h4-9,12-17H,3,10-11H2,1-2H3. The molecule has 0 saturated carbocycles. The maximum Gasteiger partial charge on any atom is 0.118 e. The number of ether oxygens (including phenoxy) is 1. The molecule has 0 spiro atoms. The molecule has 0 aliphatic carbocycles. The lowest BCUT2D eigenvalue weighted by molar-refractivity contribution is 0.415. The fraction of sp³-hybridized carbons (Fsp3) is 0.217. The third kappa shape index (κ3) is 4.05. The van der Waals surface area contributed by atoms with Gasteiger partial charge in [-0.1, -0.05) is 67.6 Å². The molecule has 24 heavy (non-hydrogen) atoms. The second kappa shape index (κ2) is 7.83. The van der Waals surface area contributed by atoms with E-state index in [0.717, 1.165) is 25.0 Å². The first-order valence-electron chi connectivity index (χ1n) is 8.59. The second-order valence-corrected chi connectivity index (χ2v) is 6.10. The molecule has 3 rings (SSSR count). The van der Waals surface area contributed by atoms with Gasteiger partial charge in [-0.3, -0.25) is 0 Å². The topological polar surface area (TPSA) is 9.23 Å². The van der Waals surface area contributed by atoms with Crippen molar-refractivity contribution in [1.29, 1.82) is 0 Å². The molecule has 0 radical (unpaired) electrons. The van der Waals surface area contributed by atoms with Gasteiger partial charge in [-0.05, 0) is 59.2 Å². The molecule has 0 unspecified atom stereocenters. The summed E-state index contributed by atoms with van der Waals surface area (Å²) in [5.41, 5.74) is 6.71. The molecule has 0 bridgehead atoms. The Morgan fingerprint density at radius 3 is 1.96 bits per heavy atom. The lowest BCUT2D eigenvalue weighted by Gasteiger charge is -2.08. The normalized spacial score (nSPS) is 10.6. The molecule has 0 saturated heterocycles. The zero-order valence-corrected chi connectivity index (χ0v) is 14.5. The van der Waals surface area contributed by atoms with Crippen molar-refractivity contribution >= 4 is 0 Å². The molecule has 3 aromatic rings. The Morgan fingerprint density at radius 1 is 0.667 bits per heavy atom. The minimum absolute atomic E-state index is 0.894. The van der Waals surface area contributed by atoms with Gasteiger partial charge in [0.15, 0.2) is 0 Å². The number of methoxy groups -OCH3 is 1. The molecule has 0 aliphatic heterocycles. The van der Waals surface area contributed by atoms with Crippen molar-refractivity contribution in [3.63, 3.8) is 0 Å². The number of benzene rings is 3. The molecule has 0 aromatic heterocycles. The lowest BCUT2D eigenvalue weighted by Crippen LogP contribution is -1.93. The van der Waals surface area contributed by atoms with Gasteiger partial charge in [-0.15, -0.1) is 0 Å². The molecule has 3 aromatic carbocycles. The average molecular weight is 316 g/mol. The maximum atomic E-state index is 5.24. The fourth-order valence-corrected chi connectivity index (χ4v) is 2.98. The zero-order valence-electron chi connectivity index (χ0n) is 14.5. The van der Waals surface area contributed by atoms with Crippen LogP contribution in [-0.4, -0.2) is 7.11 Å². The Morgan fingerprint density at radius 2 is 1.29 bits per heavy atom. The monoisotopic (exact) mass is 316 g/mol. The summed E-state index contributed by atoms with van der Waals surface area (Å²) in [7, 11) is 1.70. The van der Waals surface area contributed by atoms with Gasteiger partial charge in [0.05, 0.1) is 7.11 Å². The van der Waals surface area contributed by atoms with Gasteiger partial charge in [0, 0.05) is 0 Å². The lowest BCUT2D eigenvalue weighted by atomic mass is 9.98. The van der Waals surface area contributed by atoms with Gasteiger partial charge in [0.2, 0.25) is 0 Å². The van der Waals surface area contributed by atoms with Crippen LogP contribution in [0.2, 0.25) is 0 Å². The van der Waals surface area contributed by atoms with Crippen molar-refractivity contribution in [2.45, 2.75) is 26.2 Å². The largest absolute Gasteiger partial charge is 0.497 e. The number of hydrogen-bond acceptors (Lipinski definition) is 1. The van der Waals surface area contributed by atoms with E-state index in [1.165, 1.54) is 27.8 Å². The van der Waals surface area contributed by atoms with Gasteiger partial charge in [0.25, 0.3) is 0 Å². The van der Waals surface area contributed by atoms with Crippen LogP contribution in [0.4, 0.5) is 0 Å². The summed E-state index contributed by atoms with van der Waals surface area (Å²) >= 11 is 0. The molecular weight excluding hydrogens is 292 g/mol. The molecule has 0 aliphatic rings. The molecular formula is C23H24O. The first-order chi connectivity index (χ1) is 11.8. The van der Waals surface area contributed by atoms with Gasteiger partial charge in [-0.2, -0.15) is 0 Å². The summed E-state index contributed by atoms with van der Waals surface area (Å²) in [6.07, 6.45) is 3.25. The Hall–Kier alpha value is -2.54. The van der Waals surface area contributed by atoms with Crippen LogP contribution in [0, 0.1) is 0 Å². The average Bonchev–Trinajstić information content (AvgIpc) is 2.67. The summed E-state index contributed by atoms with van der Waals surface area (Å²) in [6, 6.07) is 26.0. The van der Waals surface area contributed by atoms with E-state index in [1.807, 2.05) is 12.1 Å². The highest BCUT2D eigenvalue weighted by molar-refractivity contribution is 5.64. The first-order valence-corrected chi connectivity index (χ1v) is 8.59. The predicted molar refractivity (Wildman–Crippen MR) is 102 cm³/mol. The first kappa shape index (κ1) is 16.3. The number of rotatable bonds is 6. The fourth-order valence-electron chi connectivity index (χ4n) is 2.98. The predicted octanol–water partition coefficient (Wildman–Crippen LogP) is 5.71. The van der Waals surface area contributed by atoms with Gasteiger partial charge in [-0.25, -0.2) is 0 Å². The second-order valence-electron chi connectivity index (χ2n) is 6.10.